The van der Waals surface area contributed by atoms with E-state index in [-0.39, 0.29) is 5.92 Å². The van der Waals surface area contributed by atoms with Gasteiger partial charge in [0.05, 0.1) is 5.69 Å². The van der Waals surface area contributed by atoms with Gasteiger partial charge in [-0.25, -0.2) is 9.36 Å². The maximum atomic E-state index is 13.5. The molecule has 100 valence electrons. The lowest BCUT2D eigenvalue weighted by molar-refractivity contribution is 0.584. The molecule has 6 heteroatoms. The molecule has 0 radical (unpaired) electrons. The van der Waals surface area contributed by atoms with Crippen molar-refractivity contribution in [1.29, 1.82) is 0 Å². The van der Waals surface area contributed by atoms with E-state index in [1.54, 1.807) is 18.2 Å². The molecule has 1 N–H and O–H groups in total. The van der Waals surface area contributed by atoms with E-state index in [1.165, 1.54) is 0 Å². The molecular weight excluding hydrogens is 271 g/mol. The van der Waals surface area contributed by atoms with Gasteiger partial charge in [-0.15, -0.1) is 0 Å². The standard InChI is InChI=1S/C13H12ClFN2O2/c1-7(2)8-4-3-5-9(6-8)17-12(18)10(15)11(14)16-13(17)19/h3-7H,1-2H3,(H,16,19). The highest BCUT2D eigenvalue weighted by atomic mass is 35.5. The Hall–Kier alpha value is -1.88. The quantitative estimate of drug-likeness (QED) is 0.860. The Labute approximate surface area is 113 Å². The van der Waals surface area contributed by atoms with Gasteiger partial charge >= 0.3 is 5.69 Å². The summed E-state index contributed by atoms with van der Waals surface area (Å²) in [6.45, 7) is 3.96. The minimum atomic E-state index is -1.17. The Bertz CT molecular complexity index is 734. The normalized spacial score (nSPS) is 11.0. The first-order valence-corrected chi connectivity index (χ1v) is 6.10. The zero-order valence-corrected chi connectivity index (χ0v) is 11.2. The van der Waals surface area contributed by atoms with Crippen LogP contribution in [-0.4, -0.2) is 9.55 Å². The van der Waals surface area contributed by atoms with E-state index in [0.29, 0.717) is 5.69 Å². The zero-order valence-electron chi connectivity index (χ0n) is 10.4. The van der Waals surface area contributed by atoms with Crippen molar-refractivity contribution in [2.75, 3.05) is 0 Å². The number of aromatic nitrogens is 2. The maximum Gasteiger partial charge on any atom is 0.334 e. The molecule has 0 atom stereocenters. The van der Waals surface area contributed by atoms with Crippen molar-refractivity contribution in [3.63, 3.8) is 0 Å². The third kappa shape index (κ3) is 2.46. The van der Waals surface area contributed by atoms with E-state index in [9.17, 15) is 14.0 Å². The molecule has 1 aromatic heterocycles. The molecule has 1 heterocycles. The second-order valence-corrected chi connectivity index (χ2v) is 4.83. The second-order valence-electron chi connectivity index (χ2n) is 4.45. The van der Waals surface area contributed by atoms with Gasteiger partial charge in [-0.05, 0) is 23.6 Å². The monoisotopic (exact) mass is 282 g/mol. The summed E-state index contributed by atoms with van der Waals surface area (Å²) in [5, 5.41) is -0.578. The van der Waals surface area contributed by atoms with Crippen molar-refractivity contribution in [3.05, 3.63) is 61.6 Å². The highest BCUT2D eigenvalue weighted by molar-refractivity contribution is 6.29. The molecule has 0 aliphatic heterocycles. The molecule has 0 spiro atoms. The summed E-state index contributed by atoms with van der Waals surface area (Å²) in [4.78, 5) is 25.6. The summed E-state index contributed by atoms with van der Waals surface area (Å²) in [5.74, 6) is -0.942. The topological polar surface area (TPSA) is 54.9 Å². The molecule has 1 aromatic carbocycles. The van der Waals surface area contributed by atoms with Crippen LogP contribution in [0.5, 0.6) is 0 Å². The predicted molar refractivity (Wildman–Crippen MR) is 71.7 cm³/mol. The summed E-state index contributed by atoms with van der Waals surface area (Å²) in [6, 6.07) is 6.83. The summed E-state index contributed by atoms with van der Waals surface area (Å²) < 4.78 is 14.2. The first-order valence-electron chi connectivity index (χ1n) is 5.72. The van der Waals surface area contributed by atoms with E-state index in [0.717, 1.165) is 10.1 Å². The number of benzene rings is 1. The summed E-state index contributed by atoms with van der Waals surface area (Å²) >= 11 is 5.42. The Morgan fingerprint density at radius 1 is 1.32 bits per heavy atom. The van der Waals surface area contributed by atoms with Crippen LogP contribution >= 0.6 is 11.6 Å². The number of H-pyrrole nitrogens is 1. The number of rotatable bonds is 2. The van der Waals surface area contributed by atoms with Gasteiger partial charge in [-0.3, -0.25) is 9.78 Å². The number of nitrogens with one attached hydrogen (secondary N) is 1. The molecule has 0 aliphatic rings. The van der Waals surface area contributed by atoms with Crippen molar-refractivity contribution in [3.8, 4) is 5.69 Å². The molecule has 2 rings (SSSR count). The van der Waals surface area contributed by atoms with Gasteiger partial charge in [0.15, 0.2) is 5.15 Å². The van der Waals surface area contributed by atoms with Crippen LogP contribution in [0.4, 0.5) is 4.39 Å². The first kappa shape index (κ1) is 13.5. The third-order valence-electron chi connectivity index (χ3n) is 2.80. The summed E-state index contributed by atoms with van der Waals surface area (Å²) in [6.07, 6.45) is 0. The van der Waals surface area contributed by atoms with Gasteiger partial charge < -0.3 is 0 Å². The number of nitrogens with zero attached hydrogens (tertiary/aromatic N) is 1. The predicted octanol–water partition coefficient (Wildman–Crippen LogP) is 2.44. The van der Waals surface area contributed by atoms with Gasteiger partial charge in [0.25, 0.3) is 5.56 Å². The Kier molecular flexibility index (Phi) is 3.57. The van der Waals surface area contributed by atoms with Crippen molar-refractivity contribution < 1.29 is 4.39 Å². The molecule has 2 aromatic rings. The van der Waals surface area contributed by atoms with Crippen molar-refractivity contribution in [2.45, 2.75) is 19.8 Å². The van der Waals surface area contributed by atoms with E-state index >= 15 is 0 Å². The molecule has 0 unspecified atom stereocenters. The maximum absolute atomic E-state index is 13.5. The average molecular weight is 283 g/mol. The number of hydrogen-bond acceptors (Lipinski definition) is 2. The molecule has 0 aliphatic carbocycles. The molecule has 4 nitrogen and oxygen atoms in total. The van der Waals surface area contributed by atoms with E-state index in [2.05, 4.69) is 4.98 Å². The fourth-order valence-electron chi connectivity index (χ4n) is 1.75. The van der Waals surface area contributed by atoms with Crippen LogP contribution in [0.3, 0.4) is 0 Å². The SMILES string of the molecule is CC(C)c1cccc(-n2c(=O)[nH]c(Cl)c(F)c2=O)c1. The molecule has 0 fully saturated rings. The minimum absolute atomic E-state index is 0.229. The van der Waals surface area contributed by atoms with Crippen molar-refractivity contribution >= 4 is 11.6 Å². The summed E-state index contributed by atoms with van der Waals surface area (Å²) in [7, 11) is 0. The van der Waals surface area contributed by atoms with Crippen molar-refractivity contribution in [1.82, 2.24) is 9.55 Å². The Morgan fingerprint density at radius 3 is 2.63 bits per heavy atom. The molecule has 0 saturated carbocycles. The lowest BCUT2D eigenvalue weighted by Gasteiger charge is -2.09. The van der Waals surface area contributed by atoms with Gasteiger partial charge in [0, 0.05) is 0 Å². The van der Waals surface area contributed by atoms with E-state index < -0.39 is 22.2 Å². The smallest absolute Gasteiger partial charge is 0.295 e. The van der Waals surface area contributed by atoms with E-state index in [1.807, 2.05) is 19.9 Å². The molecular formula is C13H12ClFN2O2. The van der Waals surface area contributed by atoms with Crippen LogP contribution in [0.1, 0.15) is 25.3 Å². The van der Waals surface area contributed by atoms with Crippen LogP contribution in [0.15, 0.2) is 33.9 Å². The van der Waals surface area contributed by atoms with Gasteiger partial charge in [-0.1, -0.05) is 37.6 Å². The fraction of sp³-hybridized carbons (Fsp3) is 0.231. The van der Waals surface area contributed by atoms with Crippen LogP contribution in [0, 0.1) is 5.82 Å². The Morgan fingerprint density at radius 2 is 2.00 bits per heavy atom. The molecule has 0 bridgehead atoms. The zero-order chi connectivity index (χ0) is 14.2. The van der Waals surface area contributed by atoms with Crippen molar-refractivity contribution in [2.24, 2.45) is 0 Å². The van der Waals surface area contributed by atoms with Crippen LogP contribution in [0.25, 0.3) is 5.69 Å². The number of halogens is 2. The third-order valence-corrected chi connectivity index (χ3v) is 3.06. The summed E-state index contributed by atoms with van der Waals surface area (Å²) in [5.41, 5.74) is -0.570. The van der Waals surface area contributed by atoms with E-state index in [4.69, 9.17) is 11.6 Å². The lowest BCUT2D eigenvalue weighted by Crippen LogP contribution is -2.35. The van der Waals surface area contributed by atoms with Gasteiger partial charge in [0.2, 0.25) is 5.82 Å². The Balaban J connectivity index is 2.73. The second kappa shape index (κ2) is 5.01. The average Bonchev–Trinajstić information content (AvgIpc) is 2.36. The highest BCUT2D eigenvalue weighted by Gasteiger charge is 2.14. The van der Waals surface area contributed by atoms with Crippen LogP contribution in [-0.2, 0) is 0 Å². The highest BCUT2D eigenvalue weighted by Crippen LogP contribution is 2.16. The molecule has 0 saturated heterocycles. The largest absolute Gasteiger partial charge is 0.334 e. The number of aromatic amines is 1. The lowest BCUT2D eigenvalue weighted by atomic mass is 10.0. The van der Waals surface area contributed by atoms with Crippen LogP contribution in [0.2, 0.25) is 5.15 Å². The first-order chi connectivity index (χ1) is 8.91. The van der Waals surface area contributed by atoms with Crippen LogP contribution < -0.4 is 11.2 Å². The molecule has 0 amide bonds. The van der Waals surface area contributed by atoms with Gasteiger partial charge in [-0.2, -0.15) is 4.39 Å². The molecule has 19 heavy (non-hydrogen) atoms. The minimum Gasteiger partial charge on any atom is -0.295 e. The number of hydrogen-bond donors (Lipinski definition) is 1. The fourth-order valence-corrected chi connectivity index (χ4v) is 1.91. The van der Waals surface area contributed by atoms with Gasteiger partial charge in [0.1, 0.15) is 0 Å².